The lowest BCUT2D eigenvalue weighted by Crippen LogP contribution is -2.54. The fourth-order valence-electron chi connectivity index (χ4n) is 4.65. The monoisotopic (exact) mass is 442 g/mol. The van der Waals surface area contributed by atoms with Crippen molar-refractivity contribution >= 4 is 29.6 Å². The molecule has 1 unspecified atom stereocenters. The molecule has 0 radical (unpaired) electrons. The molecule has 3 heterocycles. The van der Waals surface area contributed by atoms with E-state index in [1.54, 1.807) is 12.1 Å². The van der Waals surface area contributed by atoms with E-state index >= 15 is 0 Å². The predicted molar refractivity (Wildman–Crippen MR) is 112 cm³/mol. The lowest BCUT2D eigenvalue weighted by atomic mass is 9.99. The van der Waals surface area contributed by atoms with E-state index in [1.165, 1.54) is 0 Å². The minimum absolute atomic E-state index is 0.0593. The van der Waals surface area contributed by atoms with Crippen molar-refractivity contribution < 1.29 is 29.1 Å². The zero-order valence-corrected chi connectivity index (χ0v) is 17.7. The fraction of sp³-hybridized carbons (Fsp3) is 0.500. The van der Waals surface area contributed by atoms with Crippen LogP contribution in [0, 0.1) is 0 Å². The molecule has 3 aliphatic rings. The Hall–Kier alpha value is -3.11. The van der Waals surface area contributed by atoms with Gasteiger partial charge in [0.25, 0.3) is 11.8 Å². The topological polar surface area (TPSA) is 127 Å². The van der Waals surface area contributed by atoms with Gasteiger partial charge in [0.05, 0.1) is 17.7 Å². The first-order valence-electron chi connectivity index (χ1n) is 10.8. The Morgan fingerprint density at radius 2 is 1.75 bits per heavy atom. The van der Waals surface area contributed by atoms with Crippen molar-refractivity contribution in [2.75, 3.05) is 39.3 Å². The smallest absolute Gasteiger partial charge is 0.317 e. The molecule has 3 aliphatic heterocycles. The zero-order valence-electron chi connectivity index (χ0n) is 17.7. The molecule has 1 aromatic carbocycles. The van der Waals surface area contributed by atoms with E-state index in [-0.39, 0.29) is 19.4 Å². The van der Waals surface area contributed by atoms with E-state index < -0.39 is 35.6 Å². The summed E-state index contributed by atoms with van der Waals surface area (Å²) in [4.78, 5) is 65.7. The highest BCUT2D eigenvalue weighted by molar-refractivity contribution is 6.24. The molecular weight excluding hydrogens is 416 g/mol. The number of carboxylic acid groups (broad SMARTS) is 1. The zero-order chi connectivity index (χ0) is 22.8. The number of benzene rings is 1. The standard InChI is InChI=1S/C22H26N4O6/c27-17-7-6-16(20(30)23-17)26-21(31)15-5-1-3-14(19(15)22(26)32)4-2-8-24-9-11-25(12-10-24)13-18(28)29/h1,3,5,16H,2,4,6-13H2,(H,28,29)(H,23,27,30). The van der Waals surface area contributed by atoms with E-state index in [4.69, 9.17) is 5.11 Å². The average molecular weight is 442 g/mol. The summed E-state index contributed by atoms with van der Waals surface area (Å²) in [5.74, 6) is -2.79. The van der Waals surface area contributed by atoms with Gasteiger partial charge in [0.15, 0.2) is 0 Å². The van der Waals surface area contributed by atoms with E-state index in [2.05, 4.69) is 10.2 Å². The largest absolute Gasteiger partial charge is 0.480 e. The second-order valence-corrected chi connectivity index (χ2v) is 8.40. The molecule has 4 rings (SSSR count). The van der Waals surface area contributed by atoms with Crippen molar-refractivity contribution in [1.29, 1.82) is 0 Å². The number of aliphatic carboxylic acids is 1. The third-order valence-electron chi connectivity index (χ3n) is 6.30. The maximum Gasteiger partial charge on any atom is 0.317 e. The van der Waals surface area contributed by atoms with Crippen molar-refractivity contribution in [3.63, 3.8) is 0 Å². The fourth-order valence-corrected chi connectivity index (χ4v) is 4.65. The minimum atomic E-state index is -0.963. The number of hydrogen-bond acceptors (Lipinski definition) is 7. The van der Waals surface area contributed by atoms with Crippen LogP contribution in [0.5, 0.6) is 0 Å². The van der Waals surface area contributed by atoms with Gasteiger partial charge in [0.2, 0.25) is 11.8 Å². The summed E-state index contributed by atoms with van der Waals surface area (Å²) in [6, 6.07) is 4.22. The van der Waals surface area contributed by atoms with Crippen LogP contribution in [0.15, 0.2) is 18.2 Å². The number of piperidine rings is 1. The number of fused-ring (bicyclic) bond motifs is 1. The van der Waals surface area contributed by atoms with Crippen LogP contribution in [-0.4, -0.2) is 94.7 Å². The molecule has 2 fully saturated rings. The first kappa shape index (κ1) is 22.1. The molecule has 0 spiro atoms. The summed E-state index contributed by atoms with van der Waals surface area (Å²) in [5.41, 5.74) is 1.44. The van der Waals surface area contributed by atoms with Gasteiger partial charge in [-0.05, 0) is 37.4 Å². The number of amides is 4. The van der Waals surface area contributed by atoms with Gasteiger partial charge in [-0.25, -0.2) is 0 Å². The Balaban J connectivity index is 1.38. The number of aryl methyl sites for hydroxylation is 1. The van der Waals surface area contributed by atoms with Crippen molar-refractivity contribution in [2.24, 2.45) is 0 Å². The molecule has 2 N–H and O–H groups in total. The maximum atomic E-state index is 13.1. The molecule has 2 saturated heterocycles. The highest BCUT2D eigenvalue weighted by atomic mass is 16.4. The van der Waals surface area contributed by atoms with Crippen LogP contribution in [0.25, 0.3) is 0 Å². The molecule has 0 aromatic heterocycles. The highest BCUT2D eigenvalue weighted by Gasteiger charge is 2.45. The number of nitrogens with zero attached hydrogens (tertiary/aromatic N) is 3. The molecular formula is C22H26N4O6. The first-order valence-corrected chi connectivity index (χ1v) is 10.8. The molecule has 0 bridgehead atoms. The number of piperazine rings is 1. The molecule has 10 heteroatoms. The number of rotatable bonds is 7. The summed E-state index contributed by atoms with van der Waals surface area (Å²) in [5, 5.41) is 11.1. The number of imide groups is 2. The second kappa shape index (κ2) is 9.17. The van der Waals surface area contributed by atoms with Crippen LogP contribution in [0.2, 0.25) is 0 Å². The Kier molecular flexibility index (Phi) is 6.33. The van der Waals surface area contributed by atoms with Crippen LogP contribution < -0.4 is 5.32 Å². The summed E-state index contributed by atoms with van der Waals surface area (Å²) in [6.45, 7) is 3.87. The molecule has 0 aliphatic carbocycles. The number of hydrogen-bond donors (Lipinski definition) is 2. The maximum absolute atomic E-state index is 13.1. The van der Waals surface area contributed by atoms with Crippen molar-refractivity contribution in [1.82, 2.24) is 20.0 Å². The normalized spacial score (nSPS) is 22.2. The lowest BCUT2D eigenvalue weighted by molar-refractivity contribution is -0.139. The molecule has 170 valence electrons. The third-order valence-corrected chi connectivity index (χ3v) is 6.30. The number of carbonyl (C=O) groups excluding carboxylic acids is 4. The van der Waals surface area contributed by atoms with Gasteiger partial charge in [-0.3, -0.25) is 39.1 Å². The van der Waals surface area contributed by atoms with Crippen molar-refractivity contribution in [3.05, 3.63) is 34.9 Å². The molecule has 1 atom stereocenters. The van der Waals surface area contributed by atoms with Crippen molar-refractivity contribution in [2.45, 2.75) is 31.7 Å². The van der Waals surface area contributed by atoms with Crippen LogP contribution in [0.3, 0.4) is 0 Å². The number of nitrogens with one attached hydrogen (secondary N) is 1. The van der Waals surface area contributed by atoms with Gasteiger partial charge in [0.1, 0.15) is 6.04 Å². The second-order valence-electron chi connectivity index (χ2n) is 8.40. The Labute approximate surface area is 185 Å². The number of carboxylic acids is 1. The van der Waals surface area contributed by atoms with Crippen LogP contribution in [0.4, 0.5) is 0 Å². The lowest BCUT2D eigenvalue weighted by Gasteiger charge is -2.33. The Bertz CT molecular complexity index is 969. The van der Waals surface area contributed by atoms with E-state index in [0.29, 0.717) is 30.6 Å². The summed E-state index contributed by atoms with van der Waals surface area (Å²) >= 11 is 0. The minimum Gasteiger partial charge on any atom is -0.480 e. The predicted octanol–water partition coefficient (Wildman–Crippen LogP) is -0.277. The van der Waals surface area contributed by atoms with E-state index in [0.717, 1.165) is 36.5 Å². The van der Waals surface area contributed by atoms with Crippen LogP contribution >= 0.6 is 0 Å². The van der Waals surface area contributed by atoms with Gasteiger partial charge >= 0.3 is 5.97 Å². The third kappa shape index (κ3) is 4.42. The quantitative estimate of drug-likeness (QED) is 0.552. The molecule has 0 saturated carbocycles. The average Bonchev–Trinajstić information content (AvgIpc) is 3.00. The highest BCUT2D eigenvalue weighted by Crippen LogP contribution is 2.30. The van der Waals surface area contributed by atoms with Crippen molar-refractivity contribution in [3.8, 4) is 0 Å². The van der Waals surface area contributed by atoms with Gasteiger partial charge in [-0.2, -0.15) is 0 Å². The first-order chi connectivity index (χ1) is 15.3. The van der Waals surface area contributed by atoms with Gasteiger partial charge < -0.3 is 10.0 Å². The van der Waals surface area contributed by atoms with E-state index in [1.807, 2.05) is 11.0 Å². The summed E-state index contributed by atoms with van der Waals surface area (Å²) < 4.78 is 0. The summed E-state index contributed by atoms with van der Waals surface area (Å²) in [6.07, 6.45) is 1.63. The SMILES string of the molecule is O=C(O)CN1CCN(CCCc2cccc3c2C(=O)N(C2CCC(=O)NC2=O)C3=O)CC1. The number of carbonyl (C=O) groups is 5. The van der Waals surface area contributed by atoms with Gasteiger partial charge in [-0.1, -0.05) is 12.1 Å². The Morgan fingerprint density at radius 1 is 1.03 bits per heavy atom. The van der Waals surface area contributed by atoms with Gasteiger partial charge in [-0.15, -0.1) is 0 Å². The van der Waals surface area contributed by atoms with Gasteiger partial charge in [0, 0.05) is 32.6 Å². The molecule has 10 nitrogen and oxygen atoms in total. The van der Waals surface area contributed by atoms with E-state index in [9.17, 15) is 24.0 Å². The molecule has 1 aromatic rings. The Morgan fingerprint density at radius 3 is 2.44 bits per heavy atom. The molecule has 32 heavy (non-hydrogen) atoms. The van der Waals surface area contributed by atoms with Crippen LogP contribution in [-0.2, 0) is 20.8 Å². The van der Waals surface area contributed by atoms with Crippen LogP contribution in [0.1, 0.15) is 45.5 Å². The summed E-state index contributed by atoms with van der Waals surface area (Å²) in [7, 11) is 0. The molecule has 4 amide bonds.